The molecule has 118 valence electrons. The minimum Gasteiger partial charge on any atom is -0.309 e. The summed E-state index contributed by atoms with van der Waals surface area (Å²) in [7, 11) is 0. The summed E-state index contributed by atoms with van der Waals surface area (Å²) in [6.07, 6.45) is 0. The maximum atomic E-state index is 2.53. The van der Waals surface area contributed by atoms with E-state index in [4.69, 9.17) is 0 Å². The van der Waals surface area contributed by atoms with Gasteiger partial charge in [0.1, 0.15) is 0 Å². The Labute approximate surface area is 150 Å². The van der Waals surface area contributed by atoms with Crippen molar-refractivity contribution in [2.24, 2.45) is 0 Å². The second kappa shape index (κ2) is 4.28. The van der Waals surface area contributed by atoms with Crippen LogP contribution in [-0.2, 0) is 0 Å². The fraction of sp³-hybridized carbons (Fsp3) is 0. The average Bonchev–Trinajstić information content (AvgIpc) is 3.22. The van der Waals surface area contributed by atoms with Crippen molar-refractivity contribution in [3.8, 4) is 0 Å². The predicted molar refractivity (Wildman–Crippen MR) is 112 cm³/mol. The van der Waals surface area contributed by atoms with E-state index in [1.165, 1.54) is 54.5 Å². The van der Waals surface area contributed by atoms with Crippen molar-refractivity contribution in [1.29, 1.82) is 0 Å². The van der Waals surface area contributed by atoms with Crippen molar-refractivity contribution in [2.45, 2.75) is 0 Å². The number of rotatable bonds is 1. The lowest BCUT2D eigenvalue weighted by molar-refractivity contribution is 1.38. The summed E-state index contributed by atoms with van der Waals surface area (Å²) in [6, 6.07) is 31.3. The first kappa shape index (κ1) is 13.0. The molecule has 0 N–H and O–H groups in total. The molecule has 3 heterocycles. The number of hydrogen-bond acceptors (Lipinski definition) is 0. The molecule has 2 aromatic heterocycles. The highest BCUT2D eigenvalue weighted by Crippen LogP contribution is 2.39. The lowest BCUT2D eigenvalue weighted by atomic mass is 9.36. The molecule has 0 fully saturated rings. The lowest BCUT2D eigenvalue weighted by Crippen LogP contribution is -2.54. The third kappa shape index (κ3) is 1.30. The Morgan fingerprint density at radius 1 is 0.462 bits per heavy atom. The maximum absolute atomic E-state index is 2.53. The van der Waals surface area contributed by atoms with Crippen molar-refractivity contribution in [3.05, 3.63) is 84.9 Å². The Bertz CT molecular complexity index is 1390. The highest BCUT2D eigenvalue weighted by Gasteiger charge is 2.33. The van der Waals surface area contributed by atoms with Gasteiger partial charge in [-0.3, -0.25) is 0 Å². The van der Waals surface area contributed by atoms with Crippen LogP contribution in [0.1, 0.15) is 0 Å². The molecule has 0 radical (unpaired) electrons. The molecule has 1 aliphatic rings. The number of hydrogen-bond donors (Lipinski definition) is 0. The molecule has 0 saturated heterocycles. The summed E-state index contributed by atoms with van der Waals surface area (Å²) in [4.78, 5) is 0. The molecule has 0 saturated carbocycles. The lowest BCUT2D eigenvalue weighted by Gasteiger charge is -2.22. The van der Waals surface area contributed by atoms with E-state index in [1.54, 1.807) is 0 Å². The first-order chi connectivity index (χ1) is 12.9. The quantitative estimate of drug-likeness (QED) is 0.405. The fourth-order valence-electron chi connectivity index (χ4n) is 5.25. The molecule has 2 heteroatoms. The van der Waals surface area contributed by atoms with Gasteiger partial charge in [-0.05, 0) is 10.9 Å². The Morgan fingerprint density at radius 3 is 1.54 bits per heavy atom. The first-order valence-corrected chi connectivity index (χ1v) is 9.18. The van der Waals surface area contributed by atoms with Gasteiger partial charge < -0.3 is 4.40 Å². The molecule has 1 nitrogen and oxygen atoms in total. The van der Waals surface area contributed by atoms with Crippen LogP contribution in [0, 0.1) is 0 Å². The van der Waals surface area contributed by atoms with Gasteiger partial charge in [0.15, 0.2) is 0 Å². The molecule has 7 rings (SSSR count). The van der Waals surface area contributed by atoms with Crippen LogP contribution in [0.4, 0.5) is 0 Å². The van der Waals surface area contributed by atoms with E-state index < -0.39 is 0 Å². The van der Waals surface area contributed by atoms with Crippen LogP contribution < -0.4 is 16.4 Å². The topological polar surface area (TPSA) is 4.41 Å². The van der Waals surface area contributed by atoms with Crippen molar-refractivity contribution >= 4 is 61.2 Å². The predicted octanol–water partition coefficient (Wildman–Crippen LogP) is 3.67. The smallest absolute Gasteiger partial charge is 0.246 e. The molecule has 1 aliphatic heterocycles. The maximum Gasteiger partial charge on any atom is 0.246 e. The Balaban J connectivity index is 1.84. The average molecular weight is 327 g/mol. The third-order valence-corrected chi connectivity index (χ3v) is 6.18. The van der Waals surface area contributed by atoms with E-state index in [0.717, 1.165) is 0 Å². The van der Waals surface area contributed by atoms with Crippen LogP contribution in [0.15, 0.2) is 84.9 Å². The van der Waals surface area contributed by atoms with Gasteiger partial charge in [-0.15, -0.1) is 0 Å². The van der Waals surface area contributed by atoms with Crippen LogP contribution in [0.5, 0.6) is 0 Å². The highest BCUT2D eigenvalue weighted by atomic mass is 14.9. The zero-order valence-corrected chi connectivity index (χ0v) is 14.1. The zero-order chi connectivity index (χ0) is 16.8. The van der Waals surface area contributed by atoms with Gasteiger partial charge >= 0.3 is 0 Å². The van der Waals surface area contributed by atoms with Gasteiger partial charge in [0, 0.05) is 32.6 Å². The van der Waals surface area contributed by atoms with E-state index in [-0.39, 0.29) is 0 Å². The second-order valence-electron chi connectivity index (χ2n) is 7.37. The molecule has 6 aromatic rings. The molecule has 0 amide bonds. The van der Waals surface area contributed by atoms with Gasteiger partial charge in [-0.2, -0.15) is 0 Å². The summed E-state index contributed by atoms with van der Waals surface area (Å²) in [6.45, 7) is 0.292. The minimum atomic E-state index is 0.292. The van der Waals surface area contributed by atoms with Crippen molar-refractivity contribution in [1.82, 2.24) is 4.40 Å². The normalized spacial score (nSPS) is 13.3. The van der Waals surface area contributed by atoms with Gasteiger partial charge in [0.05, 0.1) is 5.52 Å². The van der Waals surface area contributed by atoms with Crippen LogP contribution in [0.25, 0.3) is 38.1 Å². The largest absolute Gasteiger partial charge is 0.309 e. The molecule has 0 atom stereocenters. The van der Waals surface area contributed by atoms with Crippen LogP contribution in [0.3, 0.4) is 0 Å². The standard InChI is InChI=1S/C24H14BN/c1-2-7-15(8-3-1)25-20-13-5-11-18-16-9-4-10-17-19-12-6-14-21(25)24(19)26(22(16)17)23(18)20/h1-14H. The van der Waals surface area contributed by atoms with Crippen LogP contribution >= 0.6 is 0 Å². The van der Waals surface area contributed by atoms with Gasteiger partial charge in [-0.1, -0.05) is 90.4 Å². The number of para-hydroxylation sites is 3. The summed E-state index contributed by atoms with van der Waals surface area (Å²) >= 11 is 0. The highest BCUT2D eigenvalue weighted by molar-refractivity contribution is 6.98. The number of nitrogens with zero attached hydrogens (tertiary/aromatic N) is 1. The molecule has 26 heavy (non-hydrogen) atoms. The number of fused-ring (bicyclic) bond motifs is 2. The van der Waals surface area contributed by atoms with Gasteiger partial charge in [0.2, 0.25) is 6.71 Å². The van der Waals surface area contributed by atoms with Gasteiger partial charge in [0.25, 0.3) is 0 Å². The summed E-state index contributed by atoms with van der Waals surface area (Å²) in [5, 5.41) is 5.49. The monoisotopic (exact) mass is 327 g/mol. The first-order valence-electron chi connectivity index (χ1n) is 9.18. The Kier molecular flexibility index (Phi) is 2.14. The van der Waals surface area contributed by atoms with E-state index in [0.29, 0.717) is 6.71 Å². The van der Waals surface area contributed by atoms with E-state index in [1.807, 2.05) is 0 Å². The SMILES string of the molecule is c1ccc(B2c3cccc4c5cccc6c7cccc2c7n(c34)c56)cc1. The van der Waals surface area contributed by atoms with E-state index in [9.17, 15) is 0 Å². The van der Waals surface area contributed by atoms with E-state index >= 15 is 0 Å². The third-order valence-electron chi connectivity index (χ3n) is 6.18. The molecule has 0 bridgehead atoms. The van der Waals surface area contributed by atoms with Crippen LogP contribution in [-0.4, -0.2) is 11.1 Å². The Hall–Kier alpha value is -3.26. The van der Waals surface area contributed by atoms with Crippen molar-refractivity contribution in [2.75, 3.05) is 0 Å². The summed E-state index contributed by atoms with van der Waals surface area (Å²) < 4.78 is 2.53. The van der Waals surface area contributed by atoms with Crippen molar-refractivity contribution in [3.63, 3.8) is 0 Å². The minimum absolute atomic E-state index is 0.292. The zero-order valence-electron chi connectivity index (χ0n) is 14.1. The Morgan fingerprint density at radius 2 is 0.962 bits per heavy atom. The molecule has 0 aliphatic carbocycles. The molecular weight excluding hydrogens is 313 g/mol. The van der Waals surface area contributed by atoms with Crippen molar-refractivity contribution < 1.29 is 0 Å². The van der Waals surface area contributed by atoms with Crippen LogP contribution in [0.2, 0.25) is 0 Å². The summed E-state index contributed by atoms with van der Waals surface area (Å²) in [5.74, 6) is 0. The number of aromatic nitrogens is 1. The van der Waals surface area contributed by atoms with E-state index in [2.05, 4.69) is 89.3 Å². The van der Waals surface area contributed by atoms with Gasteiger partial charge in [-0.25, -0.2) is 0 Å². The second-order valence-corrected chi connectivity index (χ2v) is 7.37. The molecule has 0 spiro atoms. The molecule has 0 unspecified atom stereocenters. The fourth-order valence-corrected chi connectivity index (χ4v) is 5.25. The summed E-state index contributed by atoms with van der Waals surface area (Å²) in [5.41, 5.74) is 8.37. The molecule has 4 aromatic carbocycles. The molecular formula is C24H14BN. The number of benzene rings is 4.